The Hall–Kier alpha value is -1.18. The van der Waals surface area contributed by atoms with Crippen molar-refractivity contribution in [1.29, 1.82) is 0 Å². The van der Waals surface area contributed by atoms with Gasteiger partial charge in [-0.15, -0.1) is 0 Å². The first-order chi connectivity index (χ1) is 8.24. The maximum absolute atomic E-state index is 12.9. The predicted molar refractivity (Wildman–Crippen MR) is 65.3 cm³/mol. The van der Waals surface area contributed by atoms with Gasteiger partial charge in [-0.3, -0.25) is 4.79 Å². The molecule has 0 heterocycles. The van der Waals surface area contributed by atoms with Gasteiger partial charge in [-0.2, -0.15) is 0 Å². The molecular weight excluding hydrogens is 283 g/mol. The number of rotatable bonds is 4. The first kappa shape index (κ1) is 14.9. The fourth-order valence-electron chi connectivity index (χ4n) is 1.04. The Morgan fingerprint density at radius 2 is 2.06 bits per heavy atom. The first-order valence-electron chi connectivity index (χ1n) is 4.89. The second-order valence-electron chi connectivity index (χ2n) is 3.69. The Balaban J connectivity index is 2.87. The highest BCUT2D eigenvalue weighted by Gasteiger charge is 2.17. The van der Waals surface area contributed by atoms with Gasteiger partial charge in [0.25, 0.3) is 0 Å². The average molecular weight is 295 g/mol. The summed E-state index contributed by atoms with van der Waals surface area (Å²) in [4.78, 5) is 12.3. The number of halogens is 2. The number of benzene rings is 1. The molecule has 0 saturated carbocycles. The maximum Gasteiger partial charge on any atom is 0.241 e. The molecule has 0 aliphatic heterocycles. The zero-order valence-electron chi connectivity index (χ0n) is 9.78. The summed E-state index contributed by atoms with van der Waals surface area (Å²) in [5, 5.41) is -0.295. The number of carbonyl (C=O) groups excluding carboxylic acids is 1. The lowest BCUT2D eigenvalue weighted by atomic mass is 10.3. The Morgan fingerprint density at radius 1 is 1.44 bits per heavy atom. The van der Waals surface area contributed by atoms with Crippen LogP contribution in [0, 0.1) is 5.82 Å². The van der Waals surface area contributed by atoms with E-state index in [0.717, 1.165) is 18.2 Å². The van der Waals surface area contributed by atoms with Gasteiger partial charge in [0, 0.05) is 14.1 Å². The van der Waals surface area contributed by atoms with Gasteiger partial charge in [0.2, 0.25) is 15.9 Å². The Morgan fingerprint density at radius 3 is 2.56 bits per heavy atom. The Kier molecular flexibility index (Phi) is 4.66. The number of hydrogen-bond donors (Lipinski definition) is 1. The molecule has 5 nitrogen and oxygen atoms in total. The van der Waals surface area contributed by atoms with Crippen LogP contribution in [0.2, 0.25) is 5.02 Å². The molecule has 18 heavy (non-hydrogen) atoms. The summed E-state index contributed by atoms with van der Waals surface area (Å²) in [6, 6.07) is 3.01. The molecular formula is C10H12ClFN2O3S. The molecule has 0 fully saturated rings. The quantitative estimate of drug-likeness (QED) is 0.895. The van der Waals surface area contributed by atoms with Crippen LogP contribution >= 0.6 is 11.6 Å². The molecule has 0 saturated heterocycles. The van der Waals surface area contributed by atoms with Gasteiger partial charge in [0.1, 0.15) is 5.82 Å². The highest BCUT2D eigenvalue weighted by atomic mass is 35.5. The van der Waals surface area contributed by atoms with Gasteiger partial charge in [-0.05, 0) is 18.2 Å². The molecule has 1 rings (SSSR count). The van der Waals surface area contributed by atoms with Gasteiger partial charge in [-0.1, -0.05) is 11.6 Å². The van der Waals surface area contributed by atoms with E-state index in [0.29, 0.717) is 0 Å². The Bertz CT molecular complexity index is 560. The van der Waals surface area contributed by atoms with Crippen LogP contribution < -0.4 is 4.72 Å². The summed E-state index contributed by atoms with van der Waals surface area (Å²) in [6.07, 6.45) is 0. The van der Waals surface area contributed by atoms with Crippen molar-refractivity contribution in [1.82, 2.24) is 9.62 Å². The lowest BCUT2D eigenvalue weighted by Crippen LogP contribution is -2.36. The number of amides is 1. The molecule has 1 aromatic rings. The molecule has 0 atom stereocenters. The largest absolute Gasteiger partial charge is 0.348 e. The maximum atomic E-state index is 12.9. The summed E-state index contributed by atoms with van der Waals surface area (Å²) in [5.74, 6) is -1.10. The van der Waals surface area contributed by atoms with E-state index in [-0.39, 0.29) is 16.5 Å². The van der Waals surface area contributed by atoms with E-state index >= 15 is 0 Å². The molecule has 0 bridgehead atoms. The topological polar surface area (TPSA) is 66.5 Å². The van der Waals surface area contributed by atoms with Gasteiger partial charge in [0.15, 0.2) is 0 Å². The molecule has 0 spiro atoms. The van der Waals surface area contributed by atoms with Crippen LogP contribution in [0.15, 0.2) is 23.1 Å². The molecule has 0 aromatic heterocycles. The molecule has 1 aromatic carbocycles. The van der Waals surface area contributed by atoms with Crippen molar-refractivity contribution in [2.45, 2.75) is 4.90 Å². The van der Waals surface area contributed by atoms with Crippen molar-refractivity contribution in [3.05, 3.63) is 29.0 Å². The molecule has 0 aliphatic carbocycles. The van der Waals surface area contributed by atoms with Crippen molar-refractivity contribution >= 4 is 27.5 Å². The van der Waals surface area contributed by atoms with E-state index in [1.54, 1.807) is 0 Å². The van der Waals surface area contributed by atoms with Crippen molar-refractivity contribution in [2.75, 3.05) is 20.6 Å². The van der Waals surface area contributed by atoms with Crippen molar-refractivity contribution in [3.8, 4) is 0 Å². The number of likely N-dealkylation sites (N-methyl/N-ethyl adjacent to an activating group) is 1. The predicted octanol–water partition coefficient (Wildman–Crippen LogP) is 0.846. The fraction of sp³-hybridized carbons (Fsp3) is 0.300. The van der Waals surface area contributed by atoms with Crippen LogP contribution in [0.1, 0.15) is 0 Å². The minimum Gasteiger partial charge on any atom is -0.348 e. The van der Waals surface area contributed by atoms with Crippen LogP contribution in [0.25, 0.3) is 0 Å². The van der Waals surface area contributed by atoms with Crippen LogP contribution in [0.5, 0.6) is 0 Å². The highest BCUT2D eigenvalue weighted by molar-refractivity contribution is 7.89. The van der Waals surface area contributed by atoms with E-state index in [2.05, 4.69) is 4.72 Å². The number of hydrogen-bond acceptors (Lipinski definition) is 3. The lowest BCUT2D eigenvalue weighted by Gasteiger charge is -2.11. The van der Waals surface area contributed by atoms with Crippen molar-refractivity contribution in [2.24, 2.45) is 0 Å². The zero-order valence-corrected chi connectivity index (χ0v) is 11.3. The smallest absolute Gasteiger partial charge is 0.241 e. The van der Waals surface area contributed by atoms with Gasteiger partial charge < -0.3 is 4.90 Å². The van der Waals surface area contributed by atoms with Crippen molar-refractivity contribution < 1.29 is 17.6 Å². The number of nitrogens with zero attached hydrogens (tertiary/aromatic N) is 1. The highest BCUT2D eigenvalue weighted by Crippen LogP contribution is 2.19. The van der Waals surface area contributed by atoms with E-state index in [1.165, 1.54) is 19.0 Å². The van der Waals surface area contributed by atoms with Gasteiger partial charge in [-0.25, -0.2) is 17.5 Å². The second kappa shape index (κ2) is 5.64. The molecule has 8 heteroatoms. The molecule has 1 amide bonds. The van der Waals surface area contributed by atoms with E-state index in [1.807, 2.05) is 0 Å². The molecule has 1 N–H and O–H groups in total. The fourth-order valence-corrected chi connectivity index (χ4v) is 2.29. The van der Waals surface area contributed by atoms with Crippen LogP contribution in [0.3, 0.4) is 0 Å². The number of nitrogens with one attached hydrogen (secondary N) is 1. The lowest BCUT2D eigenvalue weighted by molar-refractivity contribution is -0.127. The third-order valence-corrected chi connectivity index (χ3v) is 3.80. The van der Waals surface area contributed by atoms with Crippen LogP contribution in [-0.4, -0.2) is 39.9 Å². The number of sulfonamides is 1. The second-order valence-corrected chi connectivity index (χ2v) is 5.86. The van der Waals surface area contributed by atoms with Crippen LogP contribution in [-0.2, 0) is 14.8 Å². The van der Waals surface area contributed by atoms with E-state index in [4.69, 9.17) is 11.6 Å². The molecule has 0 unspecified atom stereocenters. The normalized spacial score (nSPS) is 11.3. The van der Waals surface area contributed by atoms with Crippen molar-refractivity contribution in [3.63, 3.8) is 0 Å². The minimum atomic E-state index is -3.88. The first-order valence-corrected chi connectivity index (χ1v) is 6.75. The summed E-state index contributed by atoms with van der Waals surface area (Å²) in [5.41, 5.74) is 0. The monoisotopic (exact) mass is 294 g/mol. The summed E-state index contributed by atoms with van der Waals surface area (Å²) >= 11 is 5.49. The third-order valence-electron chi connectivity index (χ3n) is 2.11. The SMILES string of the molecule is CN(C)C(=O)CNS(=O)(=O)c1ccc(F)c(Cl)c1. The Labute approximate surface area is 110 Å². The van der Waals surface area contributed by atoms with E-state index in [9.17, 15) is 17.6 Å². The van der Waals surface area contributed by atoms with Gasteiger partial charge >= 0.3 is 0 Å². The number of carbonyl (C=O) groups is 1. The minimum absolute atomic E-state index is 0.194. The summed E-state index contributed by atoms with van der Waals surface area (Å²) in [6.45, 7) is -0.371. The zero-order chi connectivity index (χ0) is 13.9. The summed E-state index contributed by atoms with van der Waals surface area (Å²) in [7, 11) is -0.866. The standard InChI is InChI=1S/C10H12ClFN2O3S/c1-14(2)10(15)6-13-18(16,17)7-3-4-9(12)8(11)5-7/h3-5,13H,6H2,1-2H3. The van der Waals surface area contributed by atoms with Crippen LogP contribution in [0.4, 0.5) is 4.39 Å². The molecule has 0 aliphatic rings. The molecule has 100 valence electrons. The third kappa shape index (κ3) is 3.66. The molecule has 0 radical (unpaired) electrons. The average Bonchev–Trinajstić information content (AvgIpc) is 2.29. The van der Waals surface area contributed by atoms with Gasteiger partial charge in [0.05, 0.1) is 16.5 Å². The summed E-state index contributed by atoms with van der Waals surface area (Å²) < 4.78 is 38.5. The van der Waals surface area contributed by atoms with E-state index < -0.39 is 21.7 Å².